The van der Waals surface area contributed by atoms with Crippen LogP contribution >= 0.6 is 0 Å². The largest absolute Gasteiger partial charge is 0.373 e. The molecule has 0 aliphatic carbocycles. The zero-order chi connectivity index (χ0) is 17.8. The van der Waals surface area contributed by atoms with Crippen LogP contribution in [0.15, 0.2) is 48.5 Å². The lowest BCUT2D eigenvalue weighted by Crippen LogP contribution is -2.34. The molecular formula is C20H21FN2O2. The molecule has 0 spiro atoms. The minimum absolute atomic E-state index is 0.0624. The number of halogens is 1. The third kappa shape index (κ3) is 3.87. The number of aryl methyl sites for hydroxylation is 1. The van der Waals surface area contributed by atoms with E-state index in [0.717, 1.165) is 19.3 Å². The highest BCUT2D eigenvalue weighted by atomic mass is 19.1. The molecule has 0 saturated carbocycles. The van der Waals surface area contributed by atoms with E-state index in [2.05, 4.69) is 12.2 Å². The van der Waals surface area contributed by atoms with Gasteiger partial charge >= 0.3 is 0 Å². The average Bonchev–Trinajstić information content (AvgIpc) is 2.87. The number of imide groups is 1. The van der Waals surface area contributed by atoms with Gasteiger partial charge in [0.25, 0.3) is 5.91 Å². The molecule has 4 nitrogen and oxygen atoms in total. The third-order valence-electron chi connectivity index (χ3n) is 4.33. The molecule has 1 unspecified atom stereocenters. The van der Waals surface area contributed by atoms with E-state index in [9.17, 15) is 14.0 Å². The summed E-state index contributed by atoms with van der Waals surface area (Å²) in [6, 6.07) is 12.7. The molecular weight excluding hydrogens is 319 g/mol. The van der Waals surface area contributed by atoms with Crippen LogP contribution in [0.4, 0.5) is 15.8 Å². The van der Waals surface area contributed by atoms with E-state index < -0.39 is 6.04 Å². The molecule has 2 amide bonds. The molecule has 0 radical (unpaired) electrons. The van der Waals surface area contributed by atoms with Crippen LogP contribution in [0.5, 0.6) is 0 Å². The van der Waals surface area contributed by atoms with Crippen molar-refractivity contribution in [1.82, 2.24) is 0 Å². The highest BCUT2D eigenvalue weighted by molar-refractivity contribution is 6.23. The van der Waals surface area contributed by atoms with Gasteiger partial charge < -0.3 is 5.32 Å². The van der Waals surface area contributed by atoms with E-state index in [0.29, 0.717) is 11.4 Å². The van der Waals surface area contributed by atoms with Crippen LogP contribution in [0.1, 0.15) is 31.7 Å². The Balaban J connectivity index is 1.72. The summed E-state index contributed by atoms with van der Waals surface area (Å²) in [5.41, 5.74) is 2.26. The minimum Gasteiger partial charge on any atom is -0.373 e. The highest BCUT2D eigenvalue weighted by Gasteiger charge is 2.39. The summed E-state index contributed by atoms with van der Waals surface area (Å²) in [7, 11) is 0. The molecule has 0 bridgehead atoms. The summed E-state index contributed by atoms with van der Waals surface area (Å²) < 4.78 is 13.3. The number of benzene rings is 2. The van der Waals surface area contributed by atoms with Crippen molar-refractivity contribution < 1.29 is 14.0 Å². The molecule has 25 heavy (non-hydrogen) atoms. The number of hydrogen-bond donors (Lipinski definition) is 1. The van der Waals surface area contributed by atoms with Crippen molar-refractivity contribution in [3.63, 3.8) is 0 Å². The van der Waals surface area contributed by atoms with Crippen LogP contribution < -0.4 is 10.2 Å². The maximum absolute atomic E-state index is 13.3. The molecule has 1 saturated heterocycles. The van der Waals surface area contributed by atoms with Crippen LogP contribution in [-0.4, -0.2) is 17.9 Å². The smallest absolute Gasteiger partial charge is 0.256 e. The first-order valence-corrected chi connectivity index (χ1v) is 8.56. The van der Waals surface area contributed by atoms with Gasteiger partial charge in [-0.05, 0) is 48.7 Å². The van der Waals surface area contributed by atoms with Crippen LogP contribution in [0, 0.1) is 5.82 Å². The van der Waals surface area contributed by atoms with Crippen molar-refractivity contribution in [1.29, 1.82) is 0 Å². The van der Waals surface area contributed by atoms with Gasteiger partial charge in [-0.25, -0.2) is 9.29 Å². The predicted molar refractivity (Wildman–Crippen MR) is 96.0 cm³/mol. The number of nitrogens with one attached hydrogen (secondary N) is 1. The zero-order valence-electron chi connectivity index (χ0n) is 14.2. The summed E-state index contributed by atoms with van der Waals surface area (Å²) in [5, 5.41) is 2.95. The first-order valence-electron chi connectivity index (χ1n) is 8.56. The zero-order valence-corrected chi connectivity index (χ0v) is 14.2. The first kappa shape index (κ1) is 17.1. The number of carbonyl (C=O) groups excluding carboxylic acids is 2. The van der Waals surface area contributed by atoms with Gasteiger partial charge in [0.1, 0.15) is 11.9 Å². The molecule has 130 valence electrons. The molecule has 5 heteroatoms. The number of rotatable bonds is 6. The van der Waals surface area contributed by atoms with E-state index in [1.54, 1.807) is 12.1 Å². The lowest BCUT2D eigenvalue weighted by Gasteiger charge is -2.16. The quantitative estimate of drug-likeness (QED) is 0.811. The van der Waals surface area contributed by atoms with Gasteiger partial charge in [-0.15, -0.1) is 0 Å². The summed E-state index contributed by atoms with van der Waals surface area (Å²) in [5.74, 6) is -0.947. The van der Waals surface area contributed by atoms with E-state index in [-0.39, 0.29) is 24.1 Å². The Morgan fingerprint density at radius 2 is 1.92 bits per heavy atom. The topological polar surface area (TPSA) is 49.4 Å². The second-order valence-corrected chi connectivity index (χ2v) is 6.25. The van der Waals surface area contributed by atoms with Crippen LogP contribution in [-0.2, 0) is 16.0 Å². The van der Waals surface area contributed by atoms with Crippen LogP contribution in [0.25, 0.3) is 0 Å². The van der Waals surface area contributed by atoms with Crippen molar-refractivity contribution in [2.45, 2.75) is 38.6 Å². The molecule has 1 fully saturated rings. The van der Waals surface area contributed by atoms with Crippen molar-refractivity contribution in [2.24, 2.45) is 0 Å². The lowest BCUT2D eigenvalue weighted by atomic mass is 10.1. The molecule has 1 atom stereocenters. The van der Waals surface area contributed by atoms with Crippen molar-refractivity contribution >= 4 is 23.2 Å². The molecule has 0 aromatic heterocycles. The number of anilines is 2. The van der Waals surface area contributed by atoms with E-state index in [1.807, 2.05) is 24.3 Å². The molecule has 2 aromatic carbocycles. The van der Waals surface area contributed by atoms with Gasteiger partial charge in [0.2, 0.25) is 5.91 Å². The molecule has 1 aliphatic heterocycles. The average molecular weight is 340 g/mol. The maximum atomic E-state index is 13.3. The summed E-state index contributed by atoms with van der Waals surface area (Å²) in [6.45, 7) is 2.14. The Hall–Kier alpha value is -2.69. The van der Waals surface area contributed by atoms with E-state index >= 15 is 0 Å². The number of carbonyl (C=O) groups is 2. The highest BCUT2D eigenvalue weighted by Crippen LogP contribution is 2.25. The Morgan fingerprint density at radius 3 is 2.60 bits per heavy atom. The Bertz CT molecular complexity index is 774. The Labute approximate surface area is 146 Å². The van der Waals surface area contributed by atoms with E-state index in [1.165, 1.54) is 22.6 Å². The molecule has 3 rings (SSSR count). The predicted octanol–water partition coefficient (Wildman–Crippen LogP) is 3.91. The number of amides is 2. The molecule has 1 heterocycles. The second-order valence-electron chi connectivity index (χ2n) is 6.25. The van der Waals surface area contributed by atoms with Crippen molar-refractivity contribution in [3.05, 3.63) is 59.9 Å². The number of unbranched alkanes of at least 4 members (excludes halogenated alkanes) is 1. The van der Waals surface area contributed by atoms with Crippen LogP contribution in [0.2, 0.25) is 0 Å². The monoisotopic (exact) mass is 340 g/mol. The molecule has 2 aromatic rings. The third-order valence-corrected chi connectivity index (χ3v) is 4.33. The van der Waals surface area contributed by atoms with Gasteiger partial charge in [-0.1, -0.05) is 31.5 Å². The van der Waals surface area contributed by atoms with E-state index in [4.69, 9.17) is 0 Å². The Morgan fingerprint density at radius 1 is 1.16 bits per heavy atom. The SMILES string of the molecule is CCCCc1ccc(N2C(=O)CC(Nc3cccc(F)c3)C2=O)cc1. The second kappa shape index (κ2) is 7.47. The van der Waals surface area contributed by atoms with Gasteiger partial charge in [0.15, 0.2) is 0 Å². The Kier molecular flexibility index (Phi) is 5.12. The number of hydrogen-bond acceptors (Lipinski definition) is 3. The fourth-order valence-electron chi connectivity index (χ4n) is 2.99. The molecule has 1 N–H and O–H groups in total. The fraction of sp³-hybridized carbons (Fsp3) is 0.300. The van der Waals surface area contributed by atoms with Gasteiger partial charge in [-0.3, -0.25) is 9.59 Å². The van der Waals surface area contributed by atoms with Crippen molar-refractivity contribution in [2.75, 3.05) is 10.2 Å². The summed E-state index contributed by atoms with van der Waals surface area (Å²) >= 11 is 0. The standard InChI is InChI=1S/C20H21FN2O2/c1-2-3-5-14-8-10-17(11-9-14)23-19(24)13-18(20(23)25)22-16-7-4-6-15(21)12-16/h4,6-12,18,22H,2-3,5,13H2,1H3. The van der Waals surface area contributed by atoms with Gasteiger partial charge in [-0.2, -0.15) is 0 Å². The minimum atomic E-state index is -0.672. The van der Waals surface area contributed by atoms with Gasteiger partial charge in [0, 0.05) is 5.69 Å². The first-order chi connectivity index (χ1) is 12.1. The fourth-order valence-corrected chi connectivity index (χ4v) is 2.99. The summed E-state index contributed by atoms with van der Waals surface area (Å²) in [6.07, 6.45) is 3.29. The number of nitrogens with zero attached hydrogens (tertiary/aromatic N) is 1. The maximum Gasteiger partial charge on any atom is 0.256 e. The normalized spacial score (nSPS) is 17.2. The lowest BCUT2D eigenvalue weighted by molar-refractivity contribution is -0.121. The van der Waals surface area contributed by atoms with Gasteiger partial charge in [0.05, 0.1) is 12.1 Å². The van der Waals surface area contributed by atoms with Crippen LogP contribution in [0.3, 0.4) is 0 Å². The summed E-state index contributed by atoms with van der Waals surface area (Å²) in [4.78, 5) is 26.1. The van der Waals surface area contributed by atoms with Crippen molar-refractivity contribution in [3.8, 4) is 0 Å². The molecule has 1 aliphatic rings.